The molecule has 1 aromatic rings. The molecule has 0 spiro atoms. The quantitative estimate of drug-likeness (QED) is 0.891. The fourth-order valence-electron chi connectivity index (χ4n) is 3.20. The molecule has 1 aliphatic carbocycles. The standard InChI is InChI=1S/C14H20N2OS/c1-10-11-4-8-18-12(11)3-7-16(10)13(17)14(9-15)5-2-6-14/h4,8,10H,2-3,5-7,9,15H2,1H3. The molecule has 1 aliphatic heterocycles. The van der Waals surface area contributed by atoms with Gasteiger partial charge in [0.15, 0.2) is 0 Å². The predicted molar refractivity (Wildman–Crippen MR) is 73.5 cm³/mol. The van der Waals surface area contributed by atoms with E-state index in [-0.39, 0.29) is 11.5 Å². The number of thiophene rings is 1. The van der Waals surface area contributed by atoms with Crippen LogP contribution in [0.25, 0.3) is 0 Å². The van der Waals surface area contributed by atoms with Crippen molar-refractivity contribution in [2.45, 2.75) is 38.6 Å². The Labute approximate surface area is 112 Å². The Morgan fingerprint density at radius 2 is 2.39 bits per heavy atom. The molecule has 1 aromatic heterocycles. The Bertz CT molecular complexity index is 459. The summed E-state index contributed by atoms with van der Waals surface area (Å²) in [5.41, 5.74) is 6.96. The van der Waals surface area contributed by atoms with Crippen molar-refractivity contribution in [1.82, 2.24) is 4.90 Å². The molecule has 2 N–H and O–H groups in total. The van der Waals surface area contributed by atoms with E-state index in [0.29, 0.717) is 12.5 Å². The van der Waals surface area contributed by atoms with Gasteiger partial charge in [-0.1, -0.05) is 6.42 Å². The van der Waals surface area contributed by atoms with Gasteiger partial charge in [0.2, 0.25) is 5.91 Å². The molecule has 3 nitrogen and oxygen atoms in total. The van der Waals surface area contributed by atoms with Crippen molar-refractivity contribution >= 4 is 17.2 Å². The van der Waals surface area contributed by atoms with Crippen LogP contribution in [0.1, 0.15) is 42.7 Å². The van der Waals surface area contributed by atoms with Gasteiger partial charge >= 0.3 is 0 Å². The topological polar surface area (TPSA) is 46.3 Å². The van der Waals surface area contributed by atoms with Gasteiger partial charge in [-0.15, -0.1) is 11.3 Å². The molecule has 0 bridgehead atoms. The van der Waals surface area contributed by atoms with Gasteiger partial charge in [0.1, 0.15) is 0 Å². The molecule has 98 valence electrons. The van der Waals surface area contributed by atoms with Crippen LogP contribution in [0.5, 0.6) is 0 Å². The van der Waals surface area contributed by atoms with Crippen molar-refractivity contribution in [3.05, 3.63) is 21.9 Å². The lowest BCUT2D eigenvalue weighted by molar-refractivity contribution is -0.149. The Morgan fingerprint density at radius 1 is 1.61 bits per heavy atom. The molecule has 4 heteroatoms. The SMILES string of the molecule is CC1c2ccsc2CCN1C(=O)C1(CN)CCC1. The maximum absolute atomic E-state index is 12.7. The van der Waals surface area contributed by atoms with Crippen molar-refractivity contribution in [2.24, 2.45) is 11.1 Å². The highest BCUT2D eigenvalue weighted by Crippen LogP contribution is 2.44. The third kappa shape index (κ3) is 1.62. The summed E-state index contributed by atoms with van der Waals surface area (Å²) in [7, 11) is 0. The van der Waals surface area contributed by atoms with Crippen LogP contribution in [-0.4, -0.2) is 23.9 Å². The second-order valence-electron chi connectivity index (χ2n) is 5.56. The Morgan fingerprint density at radius 3 is 3.00 bits per heavy atom. The van der Waals surface area contributed by atoms with E-state index < -0.39 is 0 Å². The Kier molecular flexibility index (Phi) is 2.94. The minimum absolute atomic E-state index is 0.219. The van der Waals surface area contributed by atoms with Crippen LogP contribution in [0.15, 0.2) is 11.4 Å². The van der Waals surface area contributed by atoms with Gasteiger partial charge in [-0.05, 0) is 43.2 Å². The molecule has 1 amide bonds. The molecule has 3 rings (SSSR count). The van der Waals surface area contributed by atoms with E-state index in [9.17, 15) is 4.79 Å². The number of nitrogens with two attached hydrogens (primary N) is 1. The van der Waals surface area contributed by atoms with Crippen LogP contribution in [0.4, 0.5) is 0 Å². The lowest BCUT2D eigenvalue weighted by atomic mass is 9.67. The number of hydrogen-bond donors (Lipinski definition) is 1. The summed E-state index contributed by atoms with van der Waals surface area (Å²) in [6.07, 6.45) is 4.10. The van der Waals surface area contributed by atoms with E-state index in [4.69, 9.17) is 5.73 Å². The zero-order chi connectivity index (χ0) is 12.8. The first-order valence-electron chi connectivity index (χ1n) is 6.75. The van der Waals surface area contributed by atoms with E-state index in [0.717, 1.165) is 32.2 Å². The molecule has 18 heavy (non-hydrogen) atoms. The molecule has 1 fully saturated rings. The summed E-state index contributed by atoms with van der Waals surface area (Å²) >= 11 is 1.81. The van der Waals surface area contributed by atoms with E-state index in [1.54, 1.807) is 0 Å². The van der Waals surface area contributed by atoms with Crippen molar-refractivity contribution in [3.8, 4) is 0 Å². The number of carbonyl (C=O) groups excluding carboxylic acids is 1. The lowest BCUT2D eigenvalue weighted by Crippen LogP contribution is -2.53. The van der Waals surface area contributed by atoms with Gasteiger partial charge in [0.05, 0.1) is 11.5 Å². The molecule has 0 radical (unpaired) electrons. The predicted octanol–water partition coefficient (Wildman–Crippen LogP) is 2.32. The third-order valence-electron chi connectivity index (χ3n) is 4.69. The van der Waals surface area contributed by atoms with Crippen LogP contribution in [-0.2, 0) is 11.2 Å². The first kappa shape index (κ1) is 12.2. The lowest BCUT2D eigenvalue weighted by Gasteiger charge is -2.45. The zero-order valence-corrected chi connectivity index (χ0v) is 11.6. The van der Waals surface area contributed by atoms with Gasteiger partial charge in [-0.25, -0.2) is 0 Å². The molecule has 1 atom stereocenters. The van der Waals surface area contributed by atoms with E-state index >= 15 is 0 Å². The zero-order valence-electron chi connectivity index (χ0n) is 10.8. The number of fused-ring (bicyclic) bond motifs is 1. The van der Waals surface area contributed by atoms with Gasteiger partial charge in [-0.2, -0.15) is 0 Å². The maximum Gasteiger partial charge on any atom is 0.230 e. The Hall–Kier alpha value is -0.870. The summed E-state index contributed by atoms with van der Waals surface area (Å²) in [6.45, 7) is 3.51. The minimum Gasteiger partial charge on any atom is -0.335 e. The molecule has 2 aliphatic rings. The molecular formula is C14H20N2OS. The van der Waals surface area contributed by atoms with Crippen molar-refractivity contribution < 1.29 is 4.79 Å². The number of hydrogen-bond acceptors (Lipinski definition) is 3. The second kappa shape index (κ2) is 4.35. The fourth-order valence-corrected chi connectivity index (χ4v) is 4.16. The van der Waals surface area contributed by atoms with Gasteiger partial charge < -0.3 is 10.6 Å². The monoisotopic (exact) mass is 264 g/mol. The highest BCUT2D eigenvalue weighted by atomic mass is 32.1. The van der Waals surface area contributed by atoms with Gasteiger partial charge in [0.25, 0.3) is 0 Å². The van der Waals surface area contributed by atoms with Crippen LogP contribution in [0, 0.1) is 5.41 Å². The van der Waals surface area contributed by atoms with Gasteiger partial charge in [-0.3, -0.25) is 4.79 Å². The summed E-state index contributed by atoms with van der Waals surface area (Å²) in [5.74, 6) is 0.292. The summed E-state index contributed by atoms with van der Waals surface area (Å²) < 4.78 is 0. The molecule has 1 saturated carbocycles. The van der Waals surface area contributed by atoms with E-state index in [1.165, 1.54) is 10.4 Å². The average molecular weight is 264 g/mol. The Balaban J connectivity index is 1.84. The second-order valence-corrected chi connectivity index (χ2v) is 6.56. The summed E-state index contributed by atoms with van der Waals surface area (Å²) in [6, 6.07) is 2.39. The highest BCUT2D eigenvalue weighted by molar-refractivity contribution is 7.10. The molecule has 1 unspecified atom stereocenters. The molecule has 2 heterocycles. The maximum atomic E-state index is 12.7. The third-order valence-corrected chi connectivity index (χ3v) is 5.69. The van der Waals surface area contributed by atoms with Crippen molar-refractivity contribution in [2.75, 3.05) is 13.1 Å². The summed E-state index contributed by atoms with van der Waals surface area (Å²) in [4.78, 5) is 16.2. The number of carbonyl (C=O) groups is 1. The molecule has 0 saturated heterocycles. The van der Waals surface area contributed by atoms with E-state index in [1.807, 2.05) is 11.3 Å². The van der Waals surface area contributed by atoms with Crippen LogP contribution in [0.3, 0.4) is 0 Å². The normalized spacial score (nSPS) is 25.4. The van der Waals surface area contributed by atoms with Crippen molar-refractivity contribution in [1.29, 1.82) is 0 Å². The van der Waals surface area contributed by atoms with Crippen LogP contribution < -0.4 is 5.73 Å². The first-order chi connectivity index (χ1) is 8.68. The number of rotatable bonds is 2. The molecule has 0 aromatic carbocycles. The largest absolute Gasteiger partial charge is 0.335 e. The van der Waals surface area contributed by atoms with Crippen LogP contribution in [0.2, 0.25) is 0 Å². The van der Waals surface area contributed by atoms with Gasteiger partial charge in [0, 0.05) is 18.0 Å². The first-order valence-corrected chi connectivity index (χ1v) is 7.63. The minimum atomic E-state index is -0.234. The van der Waals surface area contributed by atoms with Crippen molar-refractivity contribution in [3.63, 3.8) is 0 Å². The van der Waals surface area contributed by atoms with Crippen LogP contribution >= 0.6 is 11.3 Å². The fraction of sp³-hybridized carbons (Fsp3) is 0.643. The average Bonchev–Trinajstić information content (AvgIpc) is 2.77. The smallest absolute Gasteiger partial charge is 0.230 e. The number of nitrogens with zero attached hydrogens (tertiary/aromatic N) is 1. The highest BCUT2D eigenvalue weighted by Gasteiger charge is 2.46. The number of amides is 1. The van der Waals surface area contributed by atoms with E-state index in [2.05, 4.69) is 23.3 Å². The molecular weight excluding hydrogens is 244 g/mol. The summed E-state index contributed by atoms with van der Waals surface area (Å²) in [5, 5.41) is 2.14.